The molecule has 0 saturated heterocycles. The number of halogens is 1. The van der Waals surface area contributed by atoms with E-state index in [-0.39, 0.29) is 6.54 Å². The van der Waals surface area contributed by atoms with Crippen LogP contribution in [0.2, 0.25) is 0 Å². The van der Waals surface area contributed by atoms with Gasteiger partial charge in [0.2, 0.25) is 0 Å². The van der Waals surface area contributed by atoms with Gasteiger partial charge in [0.05, 0.1) is 18.9 Å². The maximum atomic E-state index is 11.3. The van der Waals surface area contributed by atoms with Gasteiger partial charge in [0.1, 0.15) is 15.9 Å². The lowest BCUT2D eigenvalue weighted by atomic mass is 10.2. The number of hydrogen-bond acceptors (Lipinski definition) is 4. The summed E-state index contributed by atoms with van der Waals surface area (Å²) in [6.45, 7) is 5.60. The van der Waals surface area contributed by atoms with Crippen molar-refractivity contribution in [3.8, 4) is 11.8 Å². The van der Waals surface area contributed by atoms with E-state index in [4.69, 9.17) is 4.74 Å². The van der Waals surface area contributed by atoms with Crippen molar-refractivity contribution in [3.63, 3.8) is 0 Å². The smallest absolute Gasteiger partial charge is 0.408 e. The first-order valence-electron chi connectivity index (χ1n) is 5.30. The van der Waals surface area contributed by atoms with Crippen molar-refractivity contribution < 1.29 is 9.53 Å². The summed E-state index contributed by atoms with van der Waals surface area (Å²) in [7, 11) is 0. The van der Waals surface area contributed by atoms with Gasteiger partial charge in [-0.2, -0.15) is 0 Å². The fourth-order valence-electron chi connectivity index (χ4n) is 0.942. The number of carbonyl (C=O) groups is 1. The largest absolute Gasteiger partial charge is 0.444 e. The van der Waals surface area contributed by atoms with Gasteiger partial charge >= 0.3 is 6.09 Å². The Morgan fingerprint density at radius 3 is 2.72 bits per heavy atom. The van der Waals surface area contributed by atoms with E-state index >= 15 is 0 Å². The molecule has 6 heteroatoms. The summed E-state index contributed by atoms with van der Waals surface area (Å²) in [5, 5.41) is 2.53. The zero-order valence-electron chi connectivity index (χ0n) is 10.5. The third kappa shape index (κ3) is 6.21. The Morgan fingerprint density at radius 1 is 1.44 bits per heavy atom. The lowest BCUT2D eigenvalue weighted by Crippen LogP contribution is -2.32. The molecule has 0 aliphatic rings. The molecule has 1 N–H and O–H groups in total. The summed E-state index contributed by atoms with van der Waals surface area (Å²) in [6.07, 6.45) is 2.62. The summed E-state index contributed by atoms with van der Waals surface area (Å²) >= 11 is 3.18. The molecule has 0 unspecified atom stereocenters. The van der Waals surface area contributed by atoms with Gasteiger partial charge in [0, 0.05) is 0 Å². The Balaban J connectivity index is 2.38. The first-order valence-corrected chi connectivity index (χ1v) is 6.09. The van der Waals surface area contributed by atoms with Crippen LogP contribution >= 0.6 is 15.9 Å². The molecule has 0 aromatic carbocycles. The topological polar surface area (TPSA) is 64.1 Å². The number of nitrogens with one attached hydrogen (secondary N) is 1. The Kier molecular flexibility index (Phi) is 5.10. The summed E-state index contributed by atoms with van der Waals surface area (Å²) in [4.78, 5) is 19.3. The lowest BCUT2D eigenvalue weighted by molar-refractivity contribution is 0.0535. The Hall–Kier alpha value is -1.61. The minimum Gasteiger partial charge on any atom is -0.444 e. The number of hydrogen-bond donors (Lipinski definition) is 1. The number of ether oxygens (including phenoxy) is 1. The molecule has 1 heterocycles. The van der Waals surface area contributed by atoms with Gasteiger partial charge in [-0.15, -0.1) is 0 Å². The second-order valence-electron chi connectivity index (χ2n) is 4.38. The maximum absolute atomic E-state index is 11.3. The number of rotatable bonds is 1. The lowest BCUT2D eigenvalue weighted by Gasteiger charge is -2.18. The van der Waals surface area contributed by atoms with E-state index in [1.165, 1.54) is 0 Å². The first kappa shape index (κ1) is 14.5. The van der Waals surface area contributed by atoms with Crippen LogP contribution in [0.5, 0.6) is 0 Å². The van der Waals surface area contributed by atoms with Crippen LogP contribution in [0.4, 0.5) is 4.79 Å². The fraction of sp³-hybridized carbons (Fsp3) is 0.417. The molecule has 0 aliphatic carbocycles. The Labute approximate surface area is 114 Å². The van der Waals surface area contributed by atoms with E-state index in [1.807, 2.05) is 0 Å². The number of alkyl carbamates (subject to hydrolysis) is 1. The predicted molar refractivity (Wildman–Crippen MR) is 70.8 cm³/mol. The van der Waals surface area contributed by atoms with Crippen LogP contribution in [0.25, 0.3) is 0 Å². The van der Waals surface area contributed by atoms with E-state index < -0.39 is 11.7 Å². The molecule has 18 heavy (non-hydrogen) atoms. The van der Waals surface area contributed by atoms with E-state index in [2.05, 4.69) is 43.1 Å². The third-order valence-corrected chi connectivity index (χ3v) is 1.97. The minimum absolute atomic E-state index is 0.201. The molecule has 5 nitrogen and oxygen atoms in total. The van der Waals surface area contributed by atoms with Crippen molar-refractivity contribution >= 4 is 22.0 Å². The molecule has 0 saturated carbocycles. The van der Waals surface area contributed by atoms with Crippen LogP contribution < -0.4 is 5.32 Å². The molecule has 1 amide bonds. The summed E-state index contributed by atoms with van der Waals surface area (Å²) < 4.78 is 5.71. The molecule has 0 fully saturated rings. The average Bonchev–Trinajstić information content (AvgIpc) is 2.24. The van der Waals surface area contributed by atoms with Gasteiger partial charge in [-0.25, -0.2) is 14.8 Å². The second-order valence-corrected chi connectivity index (χ2v) is 5.19. The quantitative estimate of drug-likeness (QED) is 0.807. The SMILES string of the molecule is CC(C)(C)OC(=O)NCC#Cc1cnc(Br)cn1. The van der Waals surface area contributed by atoms with Gasteiger partial charge in [-0.3, -0.25) is 0 Å². The normalized spacial score (nSPS) is 10.2. The maximum Gasteiger partial charge on any atom is 0.408 e. The van der Waals surface area contributed by atoms with Crippen LogP contribution in [0.1, 0.15) is 26.5 Å². The highest BCUT2D eigenvalue weighted by molar-refractivity contribution is 9.10. The molecule has 0 radical (unpaired) electrons. The van der Waals surface area contributed by atoms with E-state index in [0.29, 0.717) is 10.3 Å². The van der Waals surface area contributed by atoms with Crippen molar-refractivity contribution in [1.29, 1.82) is 0 Å². The number of aromatic nitrogens is 2. The van der Waals surface area contributed by atoms with E-state index in [1.54, 1.807) is 33.2 Å². The highest BCUT2D eigenvalue weighted by Crippen LogP contribution is 2.06. The molecule has 0 atom stereocenters. The molecule has 96 valence electrons. The van der Waals surface area contributed by atoms with E-state index in [0.717, 1.165) is 0 Å². The van der Waals surface area contributed by atoms with Crippen molar-refractivity contribution in [2.75, 3.05) is 6.54 Å². The van der Waals surface area contributed by atoms with Crippen molar-refractivity contribution in [3.05, 3.63) is 22.7 Å². The zero-order valence-corrected chi connectivity index (χ0v) is 12.0. The summed E-state index contributed by atoms with van der Waals surface area (Å²) in [5.74, 6) is 5.53. The first-order chi connectivity index (χ1) is 8.37. The summed E-state index contributed by atoms with van der Waals surface area (Å²) in [5.41, 5.74) is 0.0403. The van der Waals surface area contributed by atoms with Crippen LogP contribution in [0.15, 0.2) is 17.0 Å². The standard InChI is InChI=1S/C12H14BrN3O2/c1-12(2,3)18-11(17)14-6-4-5-9-7-16-10(13)8-15-9/h7-8H,6H2,1-3H3,(H,14,17). The monoisotopic (exact) mass is 311 g/mol. The summed E-state index contributed by atoms with van der Waals surface area (Å²) in [6, 6.07) is 0. The van der Waals surface area contributed by atoms with Crippen LogP contribution in [-0.2, 0) is 4.74 Å². The van der Waals surface area contributed by atoms with E-state index in [9.17, 15) is 4.79 Å². The third-order valence-electron chi connectivity index (χ3n) is 1.56. The molecule has 0 spiro atoms. The van der Waals surface area contributed by atoms with Gasteiger partial charge in [0.25, 0.3) is 0 Å². The highest BCUT2D eigenvalue weighted by Gasteiger charge is 2.14. The number of amides is 1. The van der Waals surface area contributed by atoms with Crippen molar-refractivity contribution in [2.24, 2.45) is 0 Å². The Bertz CT molecular complexity index is 469. The van der Waals surface area contributed by atoms with Gasteiger partial charge < -0.3 is 10.1 Å². The average molecular weight is 312 g/mol. The van der Waals surface area contributed by atoms with Gasteiger partial charge in [0.15, 0.2) is 0 Å². The molecule has 0 aliphatic heterocycles. The molecular formula is C12H14BrN3O2. The zero-order chi connectivity index (χ0) is 13.6. The van der Waals surface area contributed by atoms with Crippen LogP contribution in [0, 0.1) is 11.8 Å². The van der Waals surface area contributed by atoms with Crippen LogP contribution in [-0.4, -0.2) is 28.2 Å². The number of nitrogens with zero attached hydrogens (tertiary/aromatic N) is 2. The molecule has 1 aromatic rings. The van der Waals surface area contributed by atoms with Gasteiger partial charge in [-0.05, 0) is 42.6 Å². The Morgan fingerprint density at radius 2 is 2.17 bits per heavy atom. The second kappa shape index (κ2) is 6.36. The fourth-order valence-corrected chi connectivity index (χ4v) is 1.15. The van der Waals surface area contributed by atoms with Gasteiger partial charge in [-0.1, -0.05) is 5.92 Å². The van der Waals surface area contributed by atoms with Crippen LogP contribution in [0.3, 0.4) is 0 Å². The molecule has 1 rings (SSSR count). The minimum atomic E-state index is -0.505. The van der Waals surface area contributed by atoms with Crippen molar-refractivity contribution in [1.82, 2.24) is 15.3 Å². The highest BCUT2D eigenvalue weighted by atomic mass is 79.9. The molecule has 1 aromatic heterocycles. The number of carbonyl (C=O) groups excluding carboxylic acids is 1. The molecule has 0 bridgehead atoms. The predicted octanol–water partition coefficient (Wildman–Crippen LogP) is 2.12. The molecular weight excluding hydrogens is 298 g/mol. The van der Waals surface area contributed by atoms with Crippen molar-refractivity contribution in [2.45, 2.75) is 26.4 Å².